The molecule has 0 aromatic carbocycles. The van der Waals surface area contributed by atoms with Gasteiger partial charge in [0.2, 0.25) is 5.88 Å². The molecule has 2 rings (SSSR count). The molecule has 122 valence electrons. The van der Waals surface area contributed by atoms with Crippen LogP contribution in [0.3, 0.4) is 0 Å². The number of rotatable bonds is 3. The van der Waals surface area contributed by atoms with E-state index < -0.39 is 5.60 Å². The average Bonchev–Trinajstić information content (AvgIpc) is 2.84. The number of ether oxygens (including phenoxy) is 2. The molecule has 1 atom stereocenters. The zero-order valence-electron chi connectivity index (χ0n) is 13.6. The molecule has 5 nitrogen and oxygen atoms in total. The summed E-state index contributed by atoms with van der Waals surface area (Å²) in [7, 11) is 0. The molecule has 6 heteroatoms. The van der Waals surface area contributed by atoms with Gasteiger partial charge in [0.15, 0.2) is 0 Å². The molecular weight excluding hydrogens is 395 g/mol. The summed E-state index contributed by atoms with van der Waals surface area (Å²) in [6.45, 7) is 9.63. The Morgan fingerprint density at radius 3 is 2.86 bits per heavy atom. The average molecular weight is 418 g/mol. The van der Waals surface area contributed by atoms with E-state index in [2.05, 4.69) is 27.6 Å². The van der Waals surface area contributed by atoms with Crippen LogP contribution in [0.5, 0.6) is 5.88 Å². The quantitative estimate of drug-likeness (QED) is 0.704. The third kappa shape index (κ3) is 5.00. The SMILES string of the molecule is Cc1cnc(OC[C@H]2CCN(C(=O)OC(C)(C)C)C2)c(I)c1. The second-order valence-electron chi connectivity index (χ2n) is 6.69. The van der Waals surface area contributed by atoms with Gasteiger partial charge in [-0.2, -0.15) is 0 Å². The third-order valence-electron chi connectivity index (χ3n) is 3.34. The van der Waals surface area contributed by atoms with Crippen molar-refractivity contribution in [1.29, 1.82) is 0 Å². The summed E-state index contributed by atoms with van der Waals surface area (Å²) in [5, 5.41) is 0. The zero-order valence-corrected chi connectivity index (χ0v) is 15.7. The summed E-state index contributed by atoms with van der Waals surface area (Å²) in [4.78, 5) is 18.1. The van der Waals surface area contributed by atoms with Gasteiger partial charge in [-0.3, -0.25) is 0 Å². The number of hydrogen-bond acceptors (Lipinski definition) is 4. The molecule has 22 heavy (non-hydrogen) atoms. The highest BCUT2D eigenvalue weighted by Crippen LogP contribution is 2.23. The van der Waals surface area contributed by atoms with E-state index in [1.807, 2.05) is 33.8 Å². The number of carbonyl (C=O) groups excluding carboxylic acids is 1. The van der Waals surface area contributed by atoms with Gasteiger partial charge in [0, 0.05) is 25.2 Å². The lowest BCUT2D eigenvalue weighted by Crippen LogP contribution is -2.35. The van der Waals surface area contributed by atoms with Crippen LogP contribution < -0.4 is 4.74 Å². The Morgan fingerprint density at radius 1 is 1.50 bits per heavy atom. The highest BCUT2D eigenvalue weighted by molar-refractivity contribution is 14.1. The first kappa shape index (κ1) is 17.3. The van der Waals surface area contributed by atoms with Crippen LogP contribution in [-0.2, 0) is 4.74 Å². The zero-order chi connectivity index (χ0) is 16.3. The third-order valence-corrected chi connectivity index (χ3v) is 4.11. The summed E-state index contributed by atoms with van der Waals surface area (Å²) in [6, 6.07) is 2.05. The van der Waals surface area contributed by atoms with E-state index in [0.717, 1.165) is 22.1 Å². The molecule has 1 aliphatic rings. The Kier molecular flexibility index (Phi) is 5.52. The molecule has 0 N–H and O–H groups in total. The maximum absolute atomic E-state index is 12.0. The second-order valence-corrected chi connectivity index (χ2v) is 7.85. The van der Waals surface area contributed by atoms with E-state index in [9.17, 15) is 4.79 Å². The van der Waals surface area contributed by atoms with E-state index in [1.54, 1.807) is 11.1 Å². The van der Waals surface area contributed by atoms with Gasteiger partial charge >= 0.3 is 6.09 Å². The molecule has 1 fully saturated rings. The first-order valence-corrected chi connectivity index (χ1v) is 8.55. The number of pyridine rings is 1. The van der Waals surface area contributed by atoms with Crippen LogP contribution >= 0.6 is 22.6 Å². The Hall–Kier alpha value is -1.05. The number of carbonyl (C=O) groups is 1. The summed E-state index contributed by atoms with van der Waals surface area (Å²) in [6.07, 6.45) is 2.50. The van der Waals surface area contributed by atoms with E-state index in [1.165, 1.54) is 0 Å². The first-order chi connectivity index (χ1) is 10.2. The first-order valence-electron chi connectivity index (χ1n) is 7.47. The highest BCUT2D eigenvalue weighted by atomic mass is 127. The molecule has 0 spiro atoms. The standard InChI is InChI=1S/C16H23IN2O3/c1-11-7-13(17)14(18-8-11)21-10-12-5-6-19(9-12)15(20)22-16(2,3)4/h7-8,12H,5-6,9-10H2,1-4H3/t12-/m0/s1. The van der Waals surface area contributed by atoms with E-state index in [-0.39, 0.29) is 6.09 Å². The fraction of sp³-hybridized carbons (Fsp3) is 0.625. The minimum Gasteiger partial charge on any atom is -0.477 e. The highest BCUT2D eigenvalue weighted by Gasteiger charge is 2.30. The molecule has 1 aromatic heterocycles. The van der Waals surface area contributed by atoms with Crippen molar-refractivity contribution in [3.05, 3.63) is 21.4 Å². The maximum Gasteiger partial charge on any atom is 0.410 e. The van der Waals surface area contributed by atoms with E-state index >= 15 is 0 Å². The van der Waals surface area contributed by atoms with Crippen LogP contribution in [0.15, 0.2) is 12.3 Å². The van der Waals surface area contributed by atoms with Gasteiger partial charge < -0.3 is 14.4 Å². The molecule has 0 radical (unpaired) electrons. The topological polar surface area (TPSA) is 51.7 Å². The van der Waals surface area contributed by atoms with Gasteiger partial charge in [0.1, 0.15) is 5.60 Å². The van der Waals surface area contributed by atoms with Crippen LogP contribution in [0.1, 0.15) is 32.8 Å². The Morgan fingerprint density at radius 2 is 2.23 bits per heavy atom. The monoisotopic (exact) mass is 418 g/mol. The molecule has 1 aliphatic heterocycles. The number of aromatic nitrogens is 1. The van der Waals surface area contributed by atoms with Gasteiger partial charge in [-0.1, -0.05) is 0 Å². The molecular formula is C16H23IN2O3. The summed E-state index contributed by atoms with van der Waals surface area (Å²) in [5.41, 5.74) is 0.668. The predicted molar refractivity (Wildman–Crippen MR) is 93.1 cm³/mol. The minimum atomic E-state index is -0.451. The lowest BCUT2D eigenvalue weighted by molar-refractivity contribution is 0.0284. The van der Waals surface area contributed by atoms with Gasteiger partial charge in [-0.25, -0.2) is 9.78 Å². The van der Waals surface area contributed by atoms with E-state index in [0.29, 0.717) is 24.9 Å². The van der Waals surface area contributed by atoms with Crippen molar-refractivity contribution in [3.63, 3.8) is 0 Å². The molecule has 0 bridgehead atoms. The molecule has 0 unspecified atom stereocenters. The lowest BCUT2D eigenvalue weighted by Gasteiger charge is -2.24. The van der Waals surface area contributed by atoms with Crippen molar-refractivity contribution in [2.24, 2.45) is 5.92 Å². The van der Waals surface area contributed by atoms with Crippen molar-refractivity contribution in [3.8, 4) is 5.88 Å². The Balaban J connectivity index is 1.82. The number of hydrogen-bond donors (Lipinski definition) is 0. The molecule has 2 heterocycles. The van der Waals surface area contributed by atoms with Crippen molar-refractivity contribution in [2.45, 2.75) is 39.7 Å². The van der Waals surface area contributed by atoms with Crippen molar-refractivity contribution < 1.29 is 14.3 Å². The summed E-state index contributed by atoms with van der Waals surface area (Å²) < 4.78 is 12.2. The number of likely N-dealkylation sites (tertiary alicyclic amines) is 1. The van der Waals surface area contributed by atoms with Gasteiger partial charge in [-0.15, -0.1) is 0 Å². The smallest absolute Gasteiger partial charge is 0.410 e. The molecule has 0 aliphatic carbocycles. The van der Waals surface area contributed by atoms with Crippen LogP contribution in [0.2, 0.25) is 0 Å². The van der Waals surface area contributed by atoms with Crippen molar-refractivity contribution in [2.75, 3.05) is 19.7 Å². The van der Waals surface area contributed by atoms with Gasteiger partial charge in [0.25, 0.3) is 0 Å². The lowest BCUT2D eigenvalue weighted by atomic mass is 10.1. The summed E-state index contributed by atoms with van der Waals surface area (Å²) in [5.74, 6) is 0.994. The van der Waals surface area contributed by atoms with Crippen molar-refractivity contribution >= 4 is 28.7 Å². The maximum atomic E-state index is 12.0. The number of amides is 1. The predicted octanol–water partition coefficient (Wildman–Crippen LogP) is 3.63. The number of aryl methyl sites for hydroxylation is 1. The normalized spacial score (nSPS) is 18.4. The minimum absolute atomic E-state index is 0.238. The van der Waals surface area contributed by atoms with Gasteiger partial charge in [-0.05, 0) is 68.3 Å². The summed E-state index contributed by atoms with van der Waals surface area (Å²) >= 11 is 2.23. The number of halogens is 1. The molecule has 1 aromatic rings. The second kappa shape index (κ2) is 7.02. The Labute approximate surface area is 145 Å². The fourth-order valence-corrected chi connectivity index (χ4v) is 3.07. The van der Waals surface area contributed by atoms with Crippen molar-refractivity contribution in [1.82, 2.24) is 9.88 Å². The van der Waals surface area contributed by atoms with Crippen LogP contribution in [-0.4, -0.2) is 41.3 Å². The van der Waals surface area contributed by atoms with Crippen LogP contribution in [0.25, 0.3) is 0 Å². The molecule has 1 saturated heterocycles. The Bertz CT molecular complexity index is 543. The van der Waals surface area contributed by atoms with Crippen LogP contribution in [0.4, 0.5) is 4.79 Å². The number of nitrogens with zero attached hydrogens (tertiary/aromatic N) is 2. The molecule has 1 amide bonds. The molecule has 0 saturated carbocycles. The van der Waals surface area contributed by atoms with Crippen LogP contribution in [0, 0.1) is 16.4 Å². The fourth-order valence-electron chi connectivity index (χ4n) is 2.28. The van der Waals surface area contributed by atoms with Gasteiger partial charge in [0.05, 0.1) is 10.2 Å². The largest absolute Gasteiger partial charge is 0.477 e. The van der Waals surface area contributed by atoms with E-state index in [4.69, 9.17) is 9.47 Å².